The molecule has 1 aromatic carbocycles. The van der Waals surface area contributed by atoms with E-state index in [1.165, 1.54) is 13.8 Å². The van der Waals surface area contributed by atoms with E-state index in [9.17, 15) is 22.8 Å². The molecule has 144 valence electrons. The van der Waals surface area contributed by atoms with Gasteiger partial charge in [0.05, 0.1) is 25.1 Å². The van der Waals surface area contributed by atoms with Crippen LogP contribution in [0.4, 0.5) is 13.2 Å². The van der Waals surface area contributed by atoms with Crippen LogP contribution < -0.4 is 0 Å². The van der Waals surface area contributed by atoms with Crippen molar-refractivity contribution in [2.45, 2.75) is 25.7 Å². The second-order valence-electron chi connectivity index (χ2n) is 5.66. The predicted octanol–water partition coefficient (Wildman–Crippen LogP) is 3.11. The van der Waals surface area contributed by atoms with Crippen molar-refractivity contribution in [3.8, 4) is 0 Å². The molecule has 1 aromatic heterocycles. The molecular weight excluding hydrogens is 363 g/mol. The molecule has 0 aliphatic heterocycles. The van der Waals surface area contributed by atoms with E-state index in [0.717, 1.165) is 30.5 Å². The number of pyridine rings is 1. The van der Waals surface area contributed by atoms with Gasteiger partial charge in [0.1, 0.15) is 17.5 Å². The Kier molecular flexibility index (Phi) is 6.55. The summed E-state index contributed by atoms with van der Waals surface area (Å²) in [6, 6.07) is 4.79. The number of nitrogens with zero attached hydrogens (tertiary/aromatic N) is 1. The van der Waals surface area contributed by atoms with Crippen molar-refractivity contribution >= 4 is 11.9 Å². The quantitative estimate of drug-likeness (QED) is 0.545. The van der Waals surface area contributed by atoms with Crippen LogP contribution in [0, 0.1) is 17.5 Å². The molecule has 27 heavy (non-hydrogen) atoms. The Balaban J connectivity index is 2.67. The van der Waals surface area contributed by atoms with E-state index in [-0.39, 0.29) is 24.5 Å². The lowest BCUT2D eigenvalue weighted by Crippen LogP contribution is -2.48. The van der Waals surface area contributed by atoms with E-state index < -0.39 is 41.2 Å². The minimum absolute atomic E-state index is 0.0136. The van der Waals surface area contributed by atoms with Crippen molar-refractivity contribution in [2.24, 2.45) is 0 Å². The number of ether oxygens (including phenoxy) is 2. The van der Waals surface area contributed by atoms with Crippen LogP contribution in [0.2, 0.25) is 0 Å². The van der Waals surface area contributed by atoms with Crippen LogP contribution in [0.1, 0.15) is 25.1 Å². The smallest absolute Gasteiger partial charge is 0.330 e. The molecule has 5 nitrogen and oxygen atoms in total. The Labute approximate surface area is 154 Å². The van der Waals surface area contributed by atoms with Gasteiger partial charge < -0.3 is 9.47 Å². The summed E-state index contributed by atoms with van der Waals surface area (Å²) in [5, 5.41) is 0. The van der Waals surface area contributed by atoms with Gasteiger partial charge >= 0.3 is 11.9 Å². The Bertz CT molecular complexity index is 786. The highest BCUT2D eigenvalue weighted by Gasteiger charge is 2.52. The van der Waals surface area contributed by atoms with Crippen LogP contribution in [-0.4, -0.2) is 30.1 Å². The van der Waals surface area contributed by atoms with Gasteiger partial charge in [0.25, 0.3) is 0 Å². The van der Waals surface area contributed by atoms with E-state index >= 15 is 0 Å². The molecular formula is C19H18F3NO4. The zero-order chi connectivity index (χ0) is 20.0. The Hall–Kier alpha value is -2.90. The minimum atomic E-state index is -2.14. The molecule has 8 heteroatoms. The van der Waals surface area contributed by atoms with Gasteiger partial charge in [-0.15, -0.1) is 0 Å². The summed E-state index contributed by atoms with van der Waals surface area (Å²) in [6.45, 7) is 2.96. The fourth-order valence-electron chi connectivity index (χ4n) is 2.68. The maximum absolute atomic E-state index is 13.6. The minimum Gasteiger partial charge on any atom is -0.465 e. The van der Waals surface area contributed by atoms with E-state index in [1.54, 1.807) is 0 Å². The standard InChI is InChI=1S/C19H18F3NO4/c1-3-26-17(24)19(18(25)27-4-2,16-6-5-13(20)11-23-16)10-12-7-14(21)9-15(22)8-12/h5-9,11H,3-4,10H2,1-2H3. The lowest BCUT2D eigenvalue weighted by atomic mass is 9.78. The highest BCUT2D eigenvalue weighted by molar-refractivity contribution is 6.06. The van der Waals surface area contributed by atoms with Crippen LogP contribution in [0.25, 0.3) is 0 Å². The molecule has 0 radical (unpaired) electrons. The van der Waals surface area contributed by atoms with Gasteiger partial charge in [-0.1, -0.05) is 0 Å². The second-order valence-corrected chi connectivity index (χ2v) is 5.66. The van der Waals surface area contributed by atoms with Crippen LogP contribution in [0.3, 0.4) is 0 Å². The molecule has 2 rings (SSSR count). The lowest BCUT2D eigenvalue weighted by Gasteiger charge is -2.28. The molecule has 0 atom stereocenters. The normalized spacial score (nSPS) is 11.1. The number of hydrogen-bond acceptors (Lipinski definition) is 5. The van der Waals surface area contributed by atoms with E-state index in [4.69, 9.17) is 9.47 Å². The van der Waals surface area contributed by atoms with Crippen molar-refractivity contribution < 1.29 is 32.2 Å². The summed E-state index contributed by atoms with van der Waals surface area (Å²) in [5.74, 6) is -4.45. The molecule has 1 heterocycles. The summed E-state index contributed by atoms with van der Waals surface area (Å²) in [5.41, 5.74) is -2.27. The molecule has 0 saturated heterocycles. The number of esters is 2. The molecule has 0 aliphatic rings. The number of carbonyl (C=O) groups excluding carboxylic acids is 2. The Morgan fingerprint density at radius 1 is 0.926 bits per heavy atom. The number of benzene rings is 1. The third kappa shape index (κ3) is 4.45. The largest absolute Gasteiger partial charge is 0.465 e. The summed E-state index contributed by atoms with van der Waals surface area (Å²) in [6.07, 6.45) is 0.354. The lowest BCUT2D eigenvalue weighted by molar-refractivity contribution is -0.165. The van der Waals surface area contributed by atoms with Crippen LogP contribution in [0.5, 0.6) is 0 Å². The maximum Gasteiger partial charge on any atom is 0.330 e. The van der Waals surface area contributed by atoms with Gasteiger partial charge in [0, 0.05) is 12.5 Å². The van der Waals surface area contributed by atoms with Crippen LogP contribution in [-0.2, 0) is 30.9 Å². The summed E-state index contributed by atoms with van der Waals surface area (Å²) in [7, 11) is 0. The van der Waals surface area contributed by atoms with E-state index in [1.807, 2.05) is 0 Å². The Morgan fingerprint density at radius 3 is 1.93 bits per heavy atom. The number of aromatic nitrogens is 1. The molecule has 0 saturated carbocycles. The predicted molar refractivity (Wildman–Crippen MR) is 89.2 cm³/mol. The fourth-order valence-corrected chi connectivity index (χ4v) is 2.68. The monoisotopic (exact) mass is 381 g/mol. The average Bonchev–Trinajstić information content (AvgIpc) is 2.60. The number of hydrogen-bond donors (Lipinski definition) is 0. The van der Waals surface area contributed by atoms with Gasteiger partial charge in [0.15, 0.2) is 0 Å². The van der Waals surface area contributed by atoms with E-state index in [0.29, 0.717) is 6.07 Å². The van der Waals surface area contributed by atoms with Gasteiger partial charge in [-0.2, -0.15) is 0 Å². The molecule has 0 spiro atoms. The highest BCUT2D eigenvalue weighted by Crippen LogP contribution is 2.32. The Morgan fingerprint density at radius 2 is 1.48 bits per heavy atom. The maximum atomic E-state index is 13.6. The van der Waals surface area contributed by atoms with Crippen molar-refractivity contribution in [3.63, 3.8) is 0 Å². The summed E-state index contributed by atoms with van der Waals surface area (Å²) < 4.78 is 50.6. The van der Waals surface area contributed by atoms with Crippen LogP contribution >= 0.6 is 0 Å². The van der Waals surface area contributed by atoms with E-state index in [2.05, 4.69) is 4.98 Å². The molecule has 0 bridgehead atoms. The third-order valence-corrected chi connectivity index (χ3v) is 3.80. The summed E-state index contributed by atoms with van der Waals surface area (Å²) in [4.78, 5) is 29.4. The molecule has 0 unspecified atom stereocenters. The number of carbonyl (C=O) groups is 2. The topological polar surface area (TPSA) is 65.5 Å². The third-order valence-electron chi connectivity index (χ3n) is 3.80. The van der Waals surface area contributed by atoms with Gasteiger partial charge in [-0.3, -0.25) is 14.6 Å². The van der Waals surface area contributed by atoms with Gasteiger partial charge in [0.2, 0.25) is 5.41 Å². The number of rotatable bonds is 7. The molecule has 0 N–H and O–H groups in total. The molecule has 2 aromatic rings. The van der Waals surface area contributed by atoms with Crippen molar-refractivity contribution in [1.82, 2.24) is 4.98 Å². The molecule has 0 aliphatic carbocycles. The van der Waals surface area contributed by atoms with Crippen molar-refractivity contribution in [2.75, 3.05) is 13.2 Å². The zero-order valence-corrected chi connectivity index (χ0v) is 14.8. The first-order valence-corrected chi connectivity index (χ1v) is 8.25. The fraction of sp³-hybridized carbons (Fsp3) is 0.316. The first-order valence-electron chi connectivity index (χ1n) is 8.25. The molecule has 0 amide bonds. The van der Waals surface area contributed by atoms with Crippen molar-refractivity contribution in [1.29, 1.82) is 0 Å². The van der Waals surface area contributed by atoms with Crippen LogP contribution in [0.15, 0.2) is 36.5 Å². The summed E-state index contributed by atoms with van der Waals surface area (Å²) >= 11 is 0. The SMILES string of the molecule is CCOC(=O)C(Cc1cc(F)cc(F)c1)(C(=O)OCC)c1ccc(F)cn1. The first kappa shape index (κ1) is 20.4. The van der Waals surface area contributed by atoms with Gasteiger partial charge in [-0.25, -0.2) is 13.2 Å². The first-order chi connectivity index (χ1) is 12.8. The highest BCUT2D eigenvalue weighted by atomic mass is 19.1. The van der Waals surface area contributed by atoms with Gasteiger partial charge in [-0.05, 0) is 43.7 Å². The number of halogens is 3. The molecule has 0 fully saturated rings. The second kappa shape index (κ2) is 8.66. The zero-order valence-electron chi connectivity index (χ0n) is 14.8. The van der Waals surface area contributed by atoms with Crippen molar-refractivity contribution in [3.05, 3.63) is 65.2 Å². The average molecular weight is 381 g/mol.